The van der Waals surface area contributed by atoms with Crippen molar-refractivity contribution >= 4 is 23.0 Å². The molecule has 0 radical (unpaired) electrons. The van der Waals surface area contributed by atoms with Gasteiger partial charge in [0.15, 0.2) is 12.4 Å². The highest BCUT2D eigenvalue weighted by Crippen LogP contribution is 2.29. The fourth-order valence-electron chi connectivity index (χ4n) is 2.06. The lowest BCUT2D eigenvalue weighted by molar-refractivity contribution is -0.123. The van der Waals surface area contributed by atoms with Crippen LogP contribution in [0, 0.1) is 12.8 Å². The molecule has 0 saturated carbocycles. The van der Waals surface area contributed by atoms with E-state index in [1.807, 2.05) is 32.9 Å². The third-order valence-electron chi connectivity index (χ3n) is 3.30. The molecular weight excluding hydrogens is 324 g/mol. The lowest BCUT2D eigenvalue weighted by Crippen LogP contribution is -2.31. The Bertz CT molecular complexity index is 720. The summed E-state index contributed by atoms with van der Waals surface area (Å²) >= 11 is 1.39. The molecule has 0 aliphatic heterocycles. The lowest BCUT2D eigenvalue weighted by atomic mass is 10.2. The Balaban J connectivity index is 1.97. The maximum absolute atomic E-state index is 11.6. The summed E-state index contributed by atoms with van der Waals surface area (Å²) in [6, 6.07) is 7.36. The van der Waals surface area contributed by atoms with Crippen molar-refractivity contribution in [1.82, 2.24) is 10.3 Å². The van der Waals surface area contributed by atoms with Gasteiger partial charge >= 0.3 is 0 Å². The van der Waals surface area contributed by atoms with Crippen molar-refractivity contribution in [3.05, 3.63) is 34.8 Å². The molecule has 5 nitrogen and oxygen atoms in total. The molecule has 1 aromatic carbocycles. The van der Waals surface area contributed by atoms with E-state index < -0.39 is 0 Å². The minimum atomic E-state index is -0.130. The summed E-state index contributed by atoms with van der Waals surface area (Å²) in [6.07, 6.45) is 0. The van der Waals surface area contributed by atoms with Gasteiger partial charge in [-0.3, -0.25) is 9.59 Å². The number of thiazole rings is 1. The molecule has 0 saturated heterocycles. The number of ether oxygens (including phenoxy) is 1. The van der Waals surface area contributed by atoms with Crippen LogP contribution in [0.25, 0.3) is 10.6 Å². The van der Waals surface area contributed by atoms with E-state index in [4.69, 9.17) is 4.74 Å². The zero-order valence-electron chi connectivity index (χ0n) is 14.4. The number of ketones is 1. The summed E-state index contributed by atoms with van der Waals surface area (Å²) in [5.74, 6) is 0.937. The summed E-state index contributed by atoms with van der Waals surface area (Å²) in [5, 5.41) is 3.61. The number of carbonyl (C=O) groups excluding carboxylic acids is 2. The molecule has 2 rings (SSSR count). The Kier molecular flexibility index (Phi) is 6.09. The third-order valence-corrected chi connectivity index (χ3v) is 4.60. The van der Waals surface area contributed by atoms with Crippen LogP contribution in [0.3, 0.4) is 0 Å². The number of hydrogen-bond acceptors (Lipinski definition) is 5. The lowest BCUT2D eigenvalue weighted by Gasteiger charge is -2.09. The number of nitrogens with one attached hydrogen (secondary N) is 1. The van der Waals surface area contributed by atoms with Gasteiger partial charge in [0, 0.05) is 19.0 Å². The molecular formula is C18H22N2O3S. The second-order valence-electron chi connectivity index (χ2n) is 6.00. The second-order valence-corrected chi connectivity index (χ2v) is 7.00. The molecule has 128 valence electrons. The number of rotatable bonds is 7. The van der Waals surface area contributed by atoms with Crippen LogP contribution in [0.1, 0.15) is 36.1 Å². The number of amides is 1. The van der Waals surface area contributed by atoms with Crippen LogP contribution in [0.15, 0.2) is 24.3 Å². The van der Waals surface area contributed by atoms with E-state index in [0.717, 1.165) is 16.3 Å². The Morgan fingerprint density at radius 3 is 2.46 bits per heavy atom. The highest BCUT2D eigenvalue weighted by molar-refractivity contribution is 7.17. The Morgan fingerprint density at radius 1 is 1.25 bits per heavy atom. The number of hydrogen-bond donors (Lipinski definition) is 1. The predicted octanol–water partition coefficient (Wildman–Crippen LogP) is 3.47. The molecule has 1 N–H and O–H groups in total. The van der Waals surface area contributed by atoms with E-state index in [-0.39, 0.29) is 18.3 Å². The number of nitrogens with zero attached hydrogens (tertiary/aromatic N) is 1. The van der Waals surface area contributed by atoms with Crippen molar-refractivity contribution in [2.24, 2.45) is 5.92 Å². The summed E-state index contributed by atoms with van der Waals surface area (Å²) < 4.78 is 5.47. The van der Waals surface area contributed by atoms with Crippen LogP contribution in [-0.4, -0.2) is 29.8 Å². The number of Topliss-reactive ketones (excluding diaryl/α,β-unsaturated/α-hetero) is 1. The minimum Gasteiger partial charge on any atom is -0.484 e. The molecule has 24 heavy (non-hydrogen) atoms. The standard InChI is InChI=1S/C18H22N2O3S/c1-11(2)9-19-16(22)10-23-15-7-5-14(6-8-15)18-20-12(3)17(24-18)13(4)21/h5-8,11H,9-10H2,1-4H3,(H,19,22). The van der Waals surface area contributed by atoms with Crippen molar-refractivity contribution in [2.75, 3.05) is 13.2 Å². The highest BCUT2D eigenvalue weighted by Gasteiger charge is 2.13. The van der Waals surface area contributed by atoms with Gasteiger partial charge in [-0.05, 0) is 37.1 Å². The van der Waals surface area contributed by atoms with Gasteiger partial charge in [0.05, 0.1) is 10.6 Å². The van der Waals surface area contributed by atoms with E-state index in [2.05, 4.69) is 10.3 Å². The molecule has 0 aliphatic rings. The number of aromatic nitrogens is 1. The molecule has 0 bridgehead atoms. The van der Waals surface area contributed by atoms with Gasteiger partial charge in [-0.2, -0.15) is 0 Å². The van der Waals surface area contributed by atoms with Gasteiger partial charge in [0.1, 0.15) is 10.8 Å². The van der Waals surface area contributed by atoms with Gasteiger partial charge < -0.3 is 10.1 Å². The van der Waals surface area contributed by atoms with Crippen LogP contribution >= 0.6 is 11.3 Å². The van der Waals surface area contributed by atoms with Crippen molar-refractivity contribution in [3.63, 3.8) is 0 Å². The molecule has 1 amide bonds. The summed E-state index contributed by atoms with van der Waals surface area (Å²) in [5.41, 5.74) is 1.68. The Morgan fingerprint density at radius 2 is 1.92 bits per heavy atom. The van der Waals surface area contributed by atoms with E-state index in [9.17, 15) is 9.59 Å². The van der Waals surface area contributed by atoms with Gasteiger partial charge in [-0.1, -0.05) is 13.8 Å². The molecule has 6 heteroatoms. The van der Waals surface area contributed by atoms with E-state index in [1.54, 1.807) is 19.1 Å². The van der Waals surface area contributed by atoms with Crippen LogP contribution in [-0.2, 0) is 4.79 Å². The molecule has 0 aliphatic carbocycles. The zero-order valence-corrected chi connectivity index (χ0v) is 15.2. The topological polar surface area (TPSA) is 68.3 Å². The molecule has 1 aromatic heterocycles. The number of aryl methyl sites for hydroxylation is 1. The van der Waals surface area contributed by atoms with Crippen LogP contribution in [0.5, 0.6) is 5.75 Å². The monoisotopic (exact) mass is 346 g/mol. The smallest absolute Gasteiger partial charge is 0.257 e. The normalized spacial score (nSPS) is 10.7. The van der Waals surface area contributed by atoms with E-state index in [0.29, 0.717) is 23.1 Å². The molecule has 0 spiro atoms. The zero-order chi connectivity index (χ0) is 17.7. The largest absolute Gasteiger partial charge is 0.484 e. The molecule has 2 aromatic rings. The summed E-state index contributed by atoms with van der Waals surface area (Å²) in [7, 11) is 0. The van der Waals surface area contributed by atoms with Crippen LogP contribution in [0.4, 0.5) is 0 Å². The SMILES string of the molecule is CC(=O)c1sc(-c2ccc(OCC(=O)NCC(C)C)cc2)nc1C. The first kappa shape index (κ1) is 18.1. The quantitative estimate of drug-likeness (QED) is 0.780. The number of carbonyl (C=O) groups is 2. The molecule has 0 atom stereocenters. The summed E-state index contributed by atoms with van der Waals surface area (Å²) in [4.78, 5) is 28.3. The average Bonchev–Trinajstić information content (AvgIpc) is 2.93. The van der Waals surface area contributed by atoms with Crippen molar-refractivity contribution < 1.29 is 14.3 Å². The number of benzene rings is 1. The fraction of sp³-hybridized carbons (Fsp3) is 0.389. The second kappa shape index (κ2) is 8.06. The molecule has 0 unspecified atom stereocenters. The fourth-order valence-corrected chi connectivity index (χ4v) is 3.03. The first-order valence-electron chi connectivity index (χ1n) is 7.85. The third kappa shape index (κ3) is 4.89. The first-order valence-corrected chi connectivity index (χ1v) is 8.66. The predicted molar refractivity (Wildman–Crippen MR) is 95.6 cm³/mol. The van der Waals surface area contributed by atoms with Gasteiger partial charge in [0.2, 0.25) is 0 Å². The van der Waals surface area contributed by atoms with E-state index in [1.165, 1.54) is 11.3 Å². The van der Waals surface area contributed by atoms with Crippen molar-refractivity contribution in [2.45, 2.75) is 27.7 Å². The highest BCUT2D eigenvalue weighted by atomic mass is 32.1. The first-order chi connectivity index (χ1) is 11.4. The Labute approximate surface area is 146 Å². The Hall–Kier alpha value is -2.21. The van der Waals surface area contributed by atoms with Gasteiger partial charge in [-0.15, -0.1) is 11.3 Å². The van der Waals surface area contributed by atoms with Crippen LogP contribution in [0.2, 0.25) is 0 Å². The van der Waals surface area contributed by atoms with Gasteiger partial charge in [-0.25, -0.2) is 4.98 Å². The average molecular weight is 346 g/mol. The van der Waals surface area contributed by atoms with Crippen molar-refractivity contribution in [3.8, 4) is 16.3 Å². The molecule has 1 heterocycles. The van der Waals surface area contributed by atoms with Crippen LogP contribution < -0.4 is 10.1 Å². The van der Waals surface area contributed by atoms with Crippen molar-refractivity contribution in [1.29, 1.82) is 0 Å². The van der Waals surface area contributed by atoms with E-state index >= 15 is 0 Å². The maximum atomic E-state index is 11.6. The van der Waals surface area contributed by atoms with Gasteiger partial charge in [0.25, 0.3) is 5.91 Å². The minimum absolute atomic E-state index is 0.00306. The maximum Gasteiger partial charge on any atom is 0.257 e. The summed E-state index contributed by atoms with van der Waals surface area (Å²) in [6.45, 7) is 8.10. The molecule has 0 fully saturated rings.